The van der Waals surface area contributed by atoms with Crippen LogP contribution in [0.25, 0.3) is 21.5 Å². The first-order chi connectivity index (χ1) is 19.6. The van der Waals surface area contributed by atoms with Gasteiger partial charge >= 0.3 is 123 Å². The molecule has 224 valence electrons. The Balaban J connectivity index is 0.000000225. The Hall–Kier alpha value is -1.99. The molecule has 0 aliphatic heterocycles. The van der Waals surface area contributed by atoms with Crippen molar-refractivity contribution in [2.75, 3.05) is 0 Å². The fourth-order valence-electron chi connectivity index (χ4n) is 4.90. The first kappa shape index (κ1) is 37.2. The van der Waals surface area contributed by atoms with Gasteiger partial charge in [0, 0.05) is 0 Å². The first-order valence-electron chi connectivity index (χ1n) is 13.9. The van der Waals surface area contributed by atoms with E-state index in [2.05, 4.69) is 133 Å². The van der Waals surface area contributed by atoms with Gasteiger partial charge in [0.05, 0.1) is 0 Å². The predicted molar refractivity (Wildman–Crippen MR) is 179 cm³/mol. The van der Waals surface area contributed by atoms with Crippen LogP contribution in [0, 0.1) is 17.4 Å². The normalized spacial score (nSPS) is 13.5. The maximum atomic E-state index is 5.84. The Morgan fingerprint density at radius 2 is 1.12 bits per heavy atom. The molecule has 1 aliphatic carbocycles. The SMILES string of the molecule is CC1=[C-]C(C)C=C1C(C)(C)C.Clc1ccc([CH]=[Zr]=[CH]c2ccc(Cl)cc2)cc1.[Cl-].[Cl-].c1ccc2c(c1)[cH-]c1ccccc12. The second kappa shape index (κ2) is 17.5. The van der Waals surface area contributed by atoms with E-state index in [0.717, 1.165) is 10.0 Å². The number of rotatable bonds is 2. The summed E-state index contributed by atoms with van der Waals surface area (Å²) in [6.45, 7) is 11.1. The molecule has 0 nitrogen and oxygen atoms in total. The summed E-state index contributed by atoms with van der Waals surface area (Å²) < 4.78 is 4.66. The van der Waals surface area contributed by atoms with E-state index in [0.29, 0.717) is 11.3 Å². The summed E-state index contributed by atoms with van der Waals surface area (Å²) in [7, 11) is 0. The molecule has 0 bridgehead atoms. The van der Waals surface area contributed by atoms with Gasteiger partial charge in [-0.2, -0.15) is 11.6 Å². The molecule has 0 radical (unpaired) electrons. The van der Waals surface area contributed by atoms with Crippen molar-refractivity contribution < 1.29 is 47.1 Å². The van der Waals surface area contributed by atoms with Crippen molar-refractivity contribution in [3.63, 3.8) is 0 Å². The second-order valence-electron chi connectivity index (χ2n) is 11.3. The van der Waals surface area contributed by atoms with Crippen LogP contribution in [0.2, 0.25) is 10.0 Å². The van der Waals surface area contributed by atoms with Gasteiger partial charge in [0.2, 0.25) is 0 Å². The predicted octanol–water partition coefficient (Wildman–Crippen LogP) is 5.15. The minimum absolute atomic E-state index is 0. The first-order valence-corrected chi connectivity index (χ1v) is 17.5. The average molecular weight is 726 g/mol. The van der Waals surface area contributed by atoms with E-state index in [1.165, 1.54) is 43.8 Å². The van der Waals surface area contributed by atoms with Crippen LogP contribution in [0.5, 0.6) is 0 Å². The third-order valence-electron chi connectivity index (χ3n) is 6.84. The molecule has 1 atom stereocenters. The Kier molecular flexibility index (Phi) is 15.1. The molecule has 0 saturated heterocycles. The number of hydrogen-bond acceptors (Lipinski definition) is 0. The molecule has 0 heterocycles. The van der Waals surface area contributed by atoms with E-state index < -0.39 is 22.3 Å². The van der Waals surface area contributed by atoms with Crippen LogP contribution in [0.3, 0.4) is 0 Å². The van der Waals surface area contributed by atoms with E-state index >= 15 is 0 Å². The smallest absolute Gasteiger partial charge is 0.0771 e. The molecule has 0 aromatic heterocycles. The molecule has 6 rings (SSSR count). The molecule has 0 N–H and O–H groups in total. The van der Waals surface area contributed by atoms with Gasteiger partial charge in [0.1, 0.15) is 0 Å². The van der Waals surface area contributed by atoms with Gasteiger partial charge in [-0.05, 0) is 0 Å². The number of benzene rings is 4. The van der Waals surface area contributed by atoms with Gasteiger partial charge < -0.3 is 24.8 Å². The molecule has 5 aromatic rings. The summed E-state index contributed by atoms with van der Waals surface area (Å²) in [4.78, 5) is 0. The van der Waals surface area contributed by atoms with Crippen LogP contribution in [0.15, 0.2) is 120 Å². The van der Waals surface area contributed by atoms with Crippen LogP contribution < -0.4 is 24.8 Å². The fourth-order valence-corrected chi connectivity index (χ4v) is 7.25. The summed E-state index contributed by atoms with van der Waals surface area (Å²) in [5.74, 6) is 0.518. The summed E-state index contributed by atoms with van der Waals surface area (Å²) >= 11 is 11.0. The van der Waals surface area contributed by atoms with Crippen molar-refractivity contribution in [3.8, 4) is 0 Å². The summed E-state index contributed by atoms with van der Waals surface area (Å²) in [6.07, 6.45) is 5.71. The van der Waals surface area contributed by atoms with Crippen molar-refractivity contribution in [1.29, 1.82) is 0 Å². The molecule has 0 saturated carbocycles. The van der Waals surface area contributed by atoms with Crippen LogP contribution in [0.4, 0.5) is 0 Å². The number of halogens is 4. The van der Waals surface area contributed by atoms with Gasteiger partial charge in [0.15, 0.2) is 0 Å². The number of allylic oxidation sites excluding steroid dienone is 4. The van der Waals surface area contributed by atoms with E-state index in [9.17, 15) is 0 Å². The van der Waals surface area contributed by atoms with Crippen molar-refractivity contribution in [2.24, 2.45) is 11.3 Å². The number of hydrogen-bond donors (Lipinski definition) is 0. The zero-order chi connectivity index (χ0) is 29.4. The van der Waals surface area contributed by atoms with E-state index in [1.54, 1.807) is 0 Å². The molecular formula is C38H36Cl4Zr-4. The Labute approximate surface area is 290 Å². The monoisotopic (exact) mass is 722 g/mol. The standard InChI is InChI=1S/C13H9.C11H17.2C7H5Cl.2ClH.Zr/c1-3-7-12-10(5-1)9-11-6-2-4-8-13(11)12;1-8-6-9(2)10(7-8)11(3,4)5;2*1-6-2-4-7(8)5-3-6;;;/h1-9H;7-8H,1-5H3;2*1-5H;2*1H;/q2*-1;;;;;/p-2. The van der Waals surface area contributed by atoms with Gasteiger partial charge in [-0.3, -0.25) is 6.08 Å². The molecule has 0 amide bonds. The maximum absolute atomic E-state index is 5.84. The molecular weight excluding hydrogens is 689 g/mol. The quantitative estimate of drug-likeness (QED) is 0.221. The van der Waals surface area contributed by atoms with Gasteiger partial charge in [0.25, 0.3) is 0 Å². The van der Waals surface area contributed by atoms with Crippen LogP contribution in [-0.4, -0.2) is 7.42 Å². The zero-order valence-electron chi connectivity index (χ0n) is 25.1. The van der Waals surface area contributed by atoms with Crippen molar-refractivity contribution in [1.82, 2.24) is 0 Å². The minimum Gasteiger partial charge on any atom is -1.00 e. The molecule has 1 unspecified atom stereocenters. The Bertz CT molecular complexity index is 1630. The Morgan fingerprint density at radius 1 is 0.698 bits per heavy atom. The van der Waals surface area contributed by atoms with Gasteiger partial charge in [-0.15, -0.1) is 39.7 Å². The van der Waals surface area contributed by atoms with Crippen molar-refractivity contribution >= 4 is 52.2 Å². The maximum Gasteiger partial charge on any atom is -0.0771 e. The molecule has 43 heavy (non-hydrogen) atoms. The van der Waals surface area contributed by atoms with Crippen molar-refractivity contribution in [2.45, 2.75) is 34.6 Å². The molecule has 5 heteroatoms. The van der Waals surface area contributed by atoms with Crippen LogP contribution >= 0.6 is 23.2 Å². The van der Waals surface area contributed by atoms with E-state index in [1.807, 2.05) is 24.3 Å². The third kappa shape index (κ3) is 11.1. The minimum atomic E-state index is -0.623. The molecule has 1 aliphatic rings. The Morgan fingerprint density at radius 3 is 1.47 bits per heavy atom. The van der Waals surface area contributed by atoms with Gasteiger partial charge in [-0.1, -0.05) is 82.3 Å². The third-order valence-corrected chi connectivity index (χ3v) is 9.80. The second-order valence-corrected chi connectivity index (χ2v) is 14.4. The number of fused-ring (bicyclic) bond motifs is 3. The molecule has 0 spiro atoms. The van der Waals surface area contributed by atoms with Gasteiger partial charge in [-0.25, -0.2) is 5.57 Å². The zero-order valence-corrected chi connectivity index (χ0v) is 30.6. The topological polar surface area (TPSA) is 0 Å². The fraction of sp³-hybridized carbons (Fsp3) is 0.184. The summed E-state index contributed by atoms with van der Waals surface area (Å²) in [5, 5.41) is 6.96. The van der Waals surface area contributed by atoms with Crippen LogP contribution in [-0.2, 0) is 22.3 Å². The molecule has 5 aromatic carbocycles. The van der Waals surface area contributed by atoms with Crippen molar-refractivity contribution in [3.05, 3.63) is 148 Å². The van der Waals surface area contributed by atoms with Crippen LogP contribution in [0.1, 0.15) is 45.7 Å². The average Bonchev–Trinajstić information content (AvgIpc) is 3.50. The van der Waals surface area contributed by atoms with E-state index in [-0.39, 0.29) is 24.8 Å². The summed E-state index contributed by atoms with van der Waals surface area (Å²) in [5.41, 5.74) is 5.61. The van der Waals surface area contributed by atoms with E-state index in [4.69, 9.17) is 23.2 Å². The molecule has 0 fully saturated rings. The summed E-state index contributed by atoms with van der Waals surface area (Å²) in [6, 6.07) is 35.2. The largest absolute Gasteiger partial charge is 1.00 e.